The van der Waals surface area contributed by atoms with Crippen LogP contribution in [0.3, 0.4) is 0 Å². The predicted octanol–water partition coefficient (Wildman–Crippen LogP) is 12.3. The maximum atomic E-state index is 9.50. The van der Waals surface area contributed by atoms with E-state index in [1.807, 2.05) is 48.5 Å². The van der Waals surface area contributed by atoms with Gasteiger partial charge in [-0.25, -0.2) is 0 Å². The van der Waals surface area contributed by atoms with Crippen LogP contribution in [0.4, 0.5) is 0 Å². The number of nitrogens with zero attached hydrogens (tertiary/aromatic N) is 2. The second-order valence-corrected chi connectivity index (χ2v) is 11.9. The van der Waals surface area contributed by atoms with Gasteiger partial charge in [0, 0.05) is 32.8 Å². The van der Waals surface area contributed by atoms with Crippen LogP contribution in [0, 0.1) is 0 Å². The van der Waals surface area contributed by atoms with Crippen LogP contribution < -0.4 is 0 Å². The van der Waals surface area contributed by atoms with Gasteiger partial charge in [0.2, 0.25) is 0 Å². The summed E-state index contributed by atoms with van der Waals surface area (Å²) in [5, 5.41) is 2.07. The fraction of sp³-hybridized carbons (Fsp3) is 0.0667. The standard InChI is InChI=1S/C45H34N2/c1-30(2)31-27-28-43-39(29-31)36-20-9-12-24-41(36)47(43)40-23-11-8-19-35(40)33-17-6-7-18-34(33)37-22-14-26-44-45(37)38-21-10-13-25-42(38)46(44)32-15-4-3-5-16-32/h3-30H,1-2H3/i3D,4D,5D,10D,13D,14D,15D,16D,21D,22D,25D,26D. The summed E-state index contributed by atoms with van der Waals surface area (Å²) in [5.41, 5.74) is 5.01. The molecule has 0 radical (unpaired) electrons. The molecule has 7 aromatic carbocycles. The van der Waals surface area contributed by atoms with E-state index in [1.165, 1.54) is 5.56 Å². The van der Waals surface area contributed by atoms with Crippen molar-refractivity contribution >= 4 is 43.6 Å². The highest BCUT2D eigenvalue weighted by Gasteiger charge is 2.21. The molecule has 224 valence electrons. The zero-order valence-electron chi connectivity index (χ0n) is 37.6. The van der Waals surface area contributed by atoms with Gasteiger partial charge in [-0.2, -0.15) is 0 Å². The molecule has 0 spiro atoms. The molecule has 0 bridgehead atoms. The topological polar surface area (TPSA) is 9.86 Å². The highest BCUT2D eigenvalue weighted by Crippen LogP contribution is 2.44. The summed E-state index contributed by atoms with van der Waals surface area (Å²) in [6.45, 7) is 4.32. The summed E-state index contributed by atoms with van der Waals surface area (Å²) >= 11 is 0. The lowest BCUT2D eigenvalue weighted by Crippen LogP contribution is -1.98. The Morgan fingerprint density at radius 1 is 0.468 bits per heavy atom. The van der Waals surface area contributed by atoms with E-state index in [0.29, 0.717) is 17.0 Å². The average Bonchev–Trinajstić information content (AvgIpc) is 3.76. The van der Waals surface area contributed by atoms with Crippen LogP contribution in [-0.2, 0) is 0 Å². The van der Waals surface area contributed by atoms with Crippen molar-refractivity contribution in [2.24, 2.45) is 0 Å². The molecule has 9 rings (SSSR count). The van der Waals surface area contributed by atoms with Crippen molar-refractivity contribution in [2.45, 2.75) is 19.8 Å². The maximum Gasteiger partial charge on any atom is 0.0645 e. The average molecular weight is 615 g/mol. The van der Waals surface area contributed by atoms with Crippen LogP contribution in [0.2, 0.25) is 0 Å². The van der Waals surface area contributed by atoms with Crippen LogP contribution in [-0.4, -0.2) is 9.13 Å². The van der Waals surface area contributed by atoms with Gasteiger partial charge in [0.25, 0.3) is 0 Å². The van der Waals surface area contributed by atoms with Gasteiger partial charge in [0.15, 0.2) is 0 Å². The normalized spacial score (nSPS) is 15.4. The summed E-state index contributed by atoms with van der Waals surface area (Å²) in [6, 6.07) is 22.6. The Balaban J connectivity index is 1.45. The fourth-order valence-electron chi connectivity index (χ4n) is 6.80. The van der Waals surface area contributed by atoms with Crippen molar-refractivity contribution in [3.05, 3.63) is 169 Å². The number of para-hydroxylation sites is 4. The highest BCUT2D eigenvalue weighted by molar-refractivity contribution is 6.17. The van der Waals surface area contributed by atoms with E-state index in [-0.39, 0.29) is 33.4 Å². The monoisotopic (exact) mass is 614 g/mol. The van der Waals surface area contributed by atoms with E-state index in [0.717, 1.165) is 37.6 Å². The van der Waals surface area contributed by atoms with E-state index in [4.69, 9.17) is 12.3 Å². The van der Waals surface area contributed by atoms with Crippen LogP contribution in [0.15, 0.2) is 164 Å². The second-order valence-electron chi connectivity index (χ2n) is 11.9. The lowest BCUT2D eigenvalue weighted by atomic mass is 9.91. The van der Waals surface area contributed by atoms with Crippen molar-refractivity contribution in [2.75, 3.05) is 0 Å². The molecule has 0 unspecified atom stereocenters. The van der Waals surface area contributed by atoms with Crippen LogP contribution in [0.1, 0.15) is 41.8 Å². The molecule has 2 heteroatoms. The molecule has 0 N–H and O–H groups in total. The summed E-state index contributed by atoms with van der Waals surface area (Å²) < 4.78 is 110. The quantitative estimate of drug-likeness (QED) is 0.182. The second kappa shape index (κ2) is 10.9. The Bertz CT molecular complexity index is 3260. The molecule has 0 saturated carbocycles. The molecule has 9 aromatic rings. The Labute approximate surface area is 291 Å². The lowest BCUT2D eigenvalue weighted by Gasteiger charge is -2.17. The van der Waals surface area contributed by atoms with E-state index >= 15 is 0 Å². The van der Waals surface area contributed by atoms with Crippen molar-refractivity contribution in [1.82, 2.24) is 9.13 Å². The number of benzene rings is 7. The number of hydrogen-bond donors (Lipinski definition) is 0. The van der Waals surface area contributed by atoms with Crippen LogP contribution in [0.5, 0.6) is 0 Å². The Morgan fingerprint density at radius 3 is 1.96 bits per heavy atom. The zero-order chi connectivity index (χ0) is 41.9. The van der Waals surface area contributed by atoms with Crippen LogP contribution >= 0.6 is 0 Å². The Kier molecular flexibility index (Phi) is 4.11. The first-order chi connectivity index (χ1) is 28.2. The minimum absolute atomic E-state index is 0.0211. The van der Waals surface area contributed by atoms with Gasteiger partial charge < -0.3 is 9.13 Å². The molecule has 0 fully saturated rings. The summed E-state index contributed by atoms with van der Waals surface area (Å²) in [6.07, 6.45) is 0. The molecule has 47 heavy (non-hydrogen) atoms. The molecular weight excluding hydrogens is 569 g/mol. The van der Waals surface area contributed by atoms with Gasteiger partial charge in [-0.05, 0) is 76.6 Å². The molecule has 0 atom stereocenters. The molecule has 0 aliphatic heterocycles. The Hall–Kier alpha value is -5.86. The molecule has 0 amide bonds. The molecule has 0 aliphatic carbocycles. The van der Waals surface area contributed by atoms with Gasteiger partial charge in [0.1, 0.15) is 0 Å². The largest absolute Gasteiger partial charge is 0.309 e. The molecule has 2 nitrogen and oxygen atoms in total. The van der Waals surface area contributed by atoms with Gasteiger partial charge in [-0.1, -0.05) is 129 Å². The maximum absolute atomic E-state index is 9.50. The number of hydrogen-bond acceptors (Lipinski definition) is 0. The third-order valence-corrected chi connectivity index (χ3v) is 8.93. The van der Waals surface area contributed by atoms with Gasteiger partial charge in [-0.15, -0.1) is 0 Å². The summed E-state index contributed by atoms with van der Waals surface area (Å²) in [7, 11) is 0. The van der Waals surface area contributed by atoms with Crippen molar-refractivity contribution in [3.8, 4) is 33.6 Å². The number of fused-ring (bicyclic) bond motifs is 6. The predicted molar refractivity (Wildman–Crippen MR) is 200 cm³/mol. The first kappa shape index (κ1) is 17.7. The third-order valence-electron chi connectivity index (χ3n) is 8.93. The summed E-state index contributed by atoms with van der Waals surface area (Å²) in [5.74, 6) is 0.314. The third kappa shape index (κ3) is 4.26. The number of aromatic nitrogens is 2. The molecule has 2 aromatic heterocycles. The highest BCUT2D eigenvalue weighted by atomic mass is 15.0. The lowest BCUT2D eigenvalue weighted by molar-refractivity contribution is 0.868. The SMILES string of the molecule is [2H]c1c([2H])c([2H])c(-n2c3c([2H])c([2H])c([2H])c([2H])c3c3c(-c4ccccc4-c4ccccc4-n4c5ccccc5c5cc(C(C)C)ccc54)c([2H])c([2H])c([2H])c32)c([2H])c1[2H]. The Morgan fingerprint density at radius 2 is 1.13 bits per heavy atom. The molecular formula is C45H34N2. The minimum atomic E-state index is -0.681. The van der Waals surface area contributed by atoms with Gasteiger partial charge in [-0.3, -0.25) is 0 Å². The molecule has 0 saturated heterocycles. The zero-order valence-corrected chi connectivity index (χ0v) is 25.6. The molecule has 0 aliphatic rings. The van der Waals surface area contributed by atoms with Gasteiger partial charge in [0.05, 0.1) is 44.2 Å². The van der Waals surface area contributed by atoms with Crippen LogP contribution in [0.25, 0.3) is 77.2 Å². The fourth-order valence-corrected chi connectivity index (χ4v) is 6.80. The number of rotatable bonds is 5. The van der Waals surface area contributed by atoms with Crippen molar-refractivity contribution in [3.63, 3.8) is 0 Å². The van der Waals surface area contributed by atoms with E-state index in [1.54, 1.807) is 12.1 Å². The van der Waals surface area contributed by atoms with Crippen molar-refractivity contribution in [1.29, 1.82) is 0 Å². The van der Waals surface area contributed by atoms with Crippen molar-refractivity contribution < 1.29 is 16.4 Å². The van der Waals surface area contributed by atoms with E-state index < -0.39 is 72.2 Å². The van der Waals surface area contributed by atoms with E-state index in [2.05, 4.69) is 48.7 Å². The van der Waals surface area contributed by atoms with Gasteiger partial charge >= 0.3 is 0 Å². The first-order valence-corrected chi connectivity index (χ1v) is 15.5. The molecule has 2 heterocycles. The summed E-state index contributed by atoms with van der Waals surface area (Å²) in [4.78, 5) is 0. The van der Waals surface area contributed by atoms with E-state index in [9.17, 15) is 4.11 Å². The first-order valence-electron chi connectivity index (χ1n) is 21.5. The minimum Gasteiger partial charge on any atom is -0.309 e. The smallest absolute Gasteiger partial charge is 0.0645 e.